The molecule has 0 saturated heterocycles. The Morgan fingerprint density at radius 2 is 2.17 bits per heavy atom. The summed E-state index contributed by atoms with van der Waals surface area (Å²) in [5, 5.41) is 0.433. The standard InChI is InChI=1S/C12H14N2O2S2/c1-13(2)12(17)16-8-7-14-9-5-3-4-6-10(9)18-11(14)15/h3-6H,7-8H2,1-2H3. The van der Waals surface area contributed by atoms with E-state index < -0.39 is 0 Å². The van der Waals surface area contributed by atoms with E-state index in [0.29, 0.717) is 18.3 Å². The van der Waals surface area contributed by atoms with E-state index in [1.165, 1.54) is 11.3 Å². The van der Waals surface area contributed by atoms with Crippen LogP contribution in [0.1, 0.15) is 0 Å². The van der Waals surface area contributed by atoms with Crippen molar-refractivity contribution in [2.24, 2.45) is 0 Å². The molecule has 1 heterocycles. The molecular weight excluding hydrogens is 268 g/mol. The minimum absolute atomic E-state index is 0.0376. The van der Waals surface area contributed by atoms with Crippen molar-refractivity contribution in [1.29, 1.82) is 0 Å². The Balaban J connectivity index is 2.10. The van der Waals surface area contributed by atoms with Gasteiger partial charge in [-0.3, -0.25) is 9.36 Å². The van der Waals surface area contributed by atoms with Crippen LogP contribution in [0.5, 0.6) is 0 Å². The van der Waals surface area contributed by atoms with Crippen LogP contribution in [0, 0.1) is 0 Å². The molecule has 0 N–H and O–H groups in total. The molecule has 1 aromatic carbocycles. The molecule has 0 fully saturated rings. The zero-order valence-electron chi connectivity index (χ0n) is 10.3. The third kappa shape index (κ3) is 2.70. The topological polar surface area (TPSA) is 34.5 Å². The lowest BCUT2D eigenvalue weighted by Crippen LogP contribution is -2.25. The number of thiazole rings is 1. The van der Waals surface area contributed by atoms with Gasteiger partial charge in [-0.1, -0.05) is 23.5 Å². The normalized spacial score (nSPS) is 10.6. The van der Waals surface area contributed by atoms with Crippen molar-refractivity contribution >= 4 is 38.9 Å². The molecule has 0 aliphatic carbocycles. The summed E-state index contributed by atoms with van der Waals surface area (Å²) in [7, 11) is 3.66. The summed E-state index contributed by atoms with van der Waals surface area (Å²) in [6.45, 7) is 0.911. The Bertz CT molecular complexity index is 616. The highest BCUT2D eigenvalue weighted by Gasteiger charge is 2.07. The zero-order valence-corrected chi connectivity index (χ0v) is 11.9. The Hall–Kier alpha value is -1.40. The van der Waals surface area contributed by atoms with Crippen molar-refractivity contribution in [2.45, 2.75) is 6.54 Å². The van der Waals surface area contributed by atoms with Crippen molar-refractivity contribution in [3.05, 3.63) is 33.9 Å². The molecule has 18 heavy (non-hydrogen) atoms. The van der Waals surface area contributed by atoms with Gasteiger partial charge in [-0.05, 0) is 24.4 Å². The molecule has 96 valence electrons. The fourth-order valence-electron chi connectivity index (χ4n) is 1.58. The van der Waals surface area contributed by atoms with Crippen LogP contribution in [0.2, 0.25) is 0 Å². The lowest BCUT2D eigenvalue weighted by atomic mass is 10.3. The minimum Gasteiger partial charge on any atom is -0.469 e. The van der Waals surface area contributed by atoms with Gasteiger partial charge < -0.3 is 9.64 Å². The summed E-state index contributed by atoms with van der Waals surface area (Å²) in [6.07, 6.45) is 0. The highest BCUT2D eigenvalue weighted by molar-refractivity contribution is 7.80. The second-order valence-electron chi connectivity index (χ2n) is 4.00. The largest absolute Gasteiger partial charge is 0.469 e. The summed E-state index contributed by atoms with van der Waals surface area (Å²) >= 11 is 6.27. The highest BCUT2D eigenvalue weighted by Crippen LogP contribution is 2.16. The molecular formula is C12H14N2O2S2. The zero-order chi connectivity index (χ0) is 13.1. The Labute approximate surface area is 114 Å². The second kappa shape index (κ2) is 5.49. The molecule has 2 aromatic rings. The van der Waals surface area contributed by atoms with E-state index in [1.54, 1.807) is 9.47 Å². The van der Waals surface area contributed by atoms with E-state index in [4.69, 9.17) is 17.0 Å². The highest BCUT2D eigenvalue weighted by atomic mass is 32.1. The van der Waals surface area contributed by atoms with Crippen LogP contribution in [0.3, 0.4) is 0 Å². The number of benzene rings is 1. The van der Waals surface area contributed by atoms with Gasteiger partial charge in [0.25, 0.3) is 5.17 Å². The molecule has 0 aliphatic rings. The van der Waals surface area contributed by atoms with Gasteiger partial charge in [0.05, 0.1) is 16.8 Å². The first-order valence-corrected chi connectivity index (χ1v) is 6.74. The van der Waals surface area contributed by atoms with E-state index in [2.05, 4.69) is 0 Å². The summed E-state index contributed by atoms with van der Waals surface area (Å²) in [6, 6.07) is 7.75. The van der Waals surface area contributed by atoms with Crippen LogP contribution < -0.4 is 4.87 Å². The number of rotatable bonds is 3. The molecule has 0 saturated carbocycles. The molecule has 1 aromatic heterocycles. The van der Waals surface area contributed by atoms with E-state index in [1.807, 2.05) is 38.4 Å². The minimum atomic E-state index is 0.0376. The van der Waals surface area contributed by atoms with Crippen molar-refractivity contribution in [1.82, 2.24) is 9.47 Å². The molecule has 0 amide bonds. The molecule has 4 nitrogen and oxygen atoms in total. The lowest BCUT2D eigenvalue weighted by molar-refractivity contribution is 0.255. The molecule has 0 radical (unpaired) electrons. The molecule has 0 atom stereocenters. The van der Waals surface area contributed by atoms with Crippen LogP contribution in [-0.2, 0) is 11.3 Å². The van der Waals surface area contributed by atoms with Crippen molar-refractivity contribution in [2.75, 3.05) is 20.7 Å². The molecule has 6 heteroatoms. The van der Waals surface area contributed by atoms with Gasteiger partial charge in [0, 0.05) is 14.1 Å². The molecule has 0 spiro atoms. The molecule has 0 bridgehead atoms. The van der Waals surface area contributed by atoms with E-state index in [-0.39, 0.29) is 4.87 Å². The van der Waals surface area contributed by atoms with Crippen molar-refractivity contribution in [3.63, 3.8) is 0 Å². The van der Waals surface area contributed by atoms with E-state index in [0.717, 1.165) is 10.2 Å². The van der Waals surface area contributed by atoms with Crippen LogP contribution >= 0.6 is 23.6 Å². The smallest absolute Gasteiger partial charge is 0.308 e. The summed E-state index contributed by atoms with van der Waals surface area (Å²) in [5.41, 5.74) is 0.951. The van der Waals surface area contributed by atoms with Gasteiger partial charge in [0.1, 0.15) is 6.61 Å². The average Bonchev–Trinajstić information content (AvgIpc) is 2.65. The second-order valence-corrected chi connectivity index (χ2v) is 5.34. The van der Waals surface area contributed by atoms with Crippen LogP contribution in [0.15, 0.2) is 29.1 Å². The molecule has 0 unspecified atom stereocenters. The van der Waals surface area contributed by atoms with E-state index >= 15 is 0 Å². The first kappa shape index (κ1) is 13.0. The average molecular weight is 282 g/mol. The quantitative estimate of drug-likeness (QED) is 0.806. The number of ether oxygens (including phenoxy) is 1. The molecule has 0 aliphatic heterocycles. The first-order chi connectivity index (χ1) is 8.59. The third-order valence-electron chi connectivity index (χ3n) is 2.48. The number of thiocarbonyl (C=S) groups is 1. The van der Waals surface area contributed by atoms with Gasteiger partial charge in [-0.15, -0.1) is 0 Å². The number of aromatic nitrogens is 1. The summed E-state index contributed by atoms with van der Waals surface area (Å²) < 4.78 is 8.10. The monoisotopic (exact) mass is 282 g/mol. The van der Waals surface area contributed by atoms with Gasteiger partial charge in [0.2, 0.25) is 0 Å². The van der Waals surface area contributed by atoms with Gasteiger partial charge >= 0.3 is 4.87 Å². The number of para-hydroxylation sites is 1. The lowest BCUT2D eigenvalue weighted by Gasteiger charge is -2.14. The van der Waals surface area contributed by atoms with E-state index in [9.17, 15) is 4.79 Å². The van der Waals surface area contributed by atoms with Crippen LogP contribution in [-0.4, -0.2) is 35.3 Å². The fourth-order valence-corrected chi connectivity index (χ4v) is 2.58. The van der Waals surface area contributed by atoms with Crippen molar-refractivity contribution in [3.8, 4) is 0 Å². The Morgan fingerprint density at radius 3 is 2.89 bits per heavy atom. The summed E-state index contributed by atoms with van der Waals surface area (Å²) in [4.78, 5) is 13.6. The van der Waals surface area contributed by atoms with Gasteiger partial charge in [-0.2, -0.15) is 0 Å². The fraction of sp³-hybridized carbons (Fsp3) is 0.333. The maximum atomic E-state index is 11.8. The Kier molecular flexibility index (Phi) is 3.98. The number of nitrogens with zero attached hydrogens (tertiary/aromatic N) is 2. The van der Waals surface area contributed by atoms with Gasteiger partial charge in [0.15, 0.2) is 0 Å². The SMILES string of the molecule is CN(C)C(=S)OCCn1c(=O)sc2ccccc21. The van der Waals surface area contributed by atoms with Crippen LogP contribution in [0.4, 0.5) is 0 Å². The number of hydrogen-bond acceptors (Lipinski definition) is 4. The van der Waals surface area contributed by atoms with Crippen molar-refractivity contribution < 1.29 is 4.74 Å². The predicted molar refractivity (Wildman–Crippen MR) is 78.3 cm³/mol. The maximum Gasteiger partial charge on any atom is 0.308 e. The molecule has 2 rings (SSSR count). The van der Waals surface area contributed by atoms with Crippen LogP contribution in [0.25, 0.3) is 10.2 Å². The number of hydrogen-bond donors (Lipinski definition) is 0. The number of fused-ring (bicyclic) bond motifs is 1. The predicted octanol–water partition coefficient (Wildman–Crippen LogP) is 1.93. The van der Waals surface area contributed by atoms with Gasteiger partial charge in [-0.25, -0.2) is 0 Å². The maximum absolute atomic E-state index is 11.8. The Morgan fingerprint density at radius 1 is 1.44 bits per heavy atom. The third-order valence-corrected chi connectivity index (χ3v) is 3.92. The first-order valence-electron chi connectivity index (χ1n) is 5.52. The summed E-state index contributed by atoms with van der Waals surface area (Å²) in [5.74, 6) is 0.